The van der Waals surface area contributed by atoms with Crippen LogP contribution in [0, 0.1) is 10.1 Å². The van der Waals surface area contributed by atoms with Gasteiger partial charge in [0, 0.05) is 34.0 Å². The van der Waals surface area contributed by atoms with E-state index in [1.54, 1.807) is 15.9 Å². The number of nitrogens with zero attached hydrogens (tertiary/aromatic N) is 3. The molecule has 0 radical (unpaired) electrons. The highest BCUT2D eigenvalue weighted by Crippen LogP contribution is 2.30. The molecule has 0 bridgehead atoms. The lowest BCUT2D eigenvalue weighted by Gasteiger charge is -2.13. The number of thioether (sulfide) groups is 1. The number of anilines is 1. The maximum Gasteiger partial charge on any atom is 0.349 e. The van der Waals surface area contributed by atoms with Gasteiger partial charge in [-0.1, -0.05) is 17.8 Å². The molecule has 0 spiro atoms. The van der Waals surface area contributed by atoms with E-state index in [9.17, 15) is 19.7 Å². The molecule has 1 aliphatic rings. The Bertz CT molecular complexity index is 1140. The lowest BCUT2D eigenvalue weighted by molar-refractivity contribution is -0.384. The molecule has 1 N–H and O–H groups in total. The van der Waals surface area contributed by atoms with Crippen molar-refractivity contribution < 1.29 is 9.72 Å². The predicted octanol–water partition coefficient (Wildman–Crippen LogP) is 3.48. The van der Waals surface area contributed by atoms with Crippen molar-refractivity contribution in [2.24, 2.45) is 0 Å². The Balaban J connectivity index is 1.45. The molecular formula is C20H18N4O4S2. The third-order valence-electron chi connectivity index (χ3n) is 4.80. The van der Waals surface area contributed by atoms with E-state index in [-0.39, 0.29) is 23.0 Å². The second-order valence-corrected chi connectivity index (χ2v) is 8.78. The van der Waals surface area contributed by atoms with Gasteiger partial charge in [-0.3, -0.25) is 19.5 Å². The summed E-state index contributed by atoms with van der Waals surface area (Å²) in [6.07, 6.45) is 2.65. The molecule has 1 aliphatic carbocycles. The third kappa shape index (κ3) is 4.44. The van der Waals surface area contributed by atoms with Crippen molar-refractivity contribution in [3.8, 4) is 0 Å². The second-order valence-electron chi connectivity index (χ2n) is 6.78. The predicted molar refractivity (Wildman–Crippen MR) is 116 cm³/mol. The summed E-state index contributed by atoms with van der Waals surface area (Å²) in [7, 11) is 0. The molecule has 0 saturated carbocycles. The van der Waals surface area contributed by atoms with E-state index >= 15 is 0 Å². The van der Waals surface area contributed by atoms with E-state index in [0.29, 0.717) is 17.3 Å². The van der Waals surface area contributed by atoms with Gasteiger partial charge in [-0.2, -0.15) is 4.98 Å². The average molecular weight is 443 g/mol. The van der Waals surface area contributed by atoms with Crippen molar-refractivity contribution in [3.05, 3.63) is 78.5 Å². The summed E-state index contributed by atoms with van der Waals surface area (Å²) in [5.74, 6) is -0.157. The molecule has 0 unspecified atom stereocenters. The number of nitrogens with one attached hydrogen (secondary N) is 1. The van der Waals surface area contributed by atoms with Gasteiger partial charge in [-0.25, -0.2) is 4.79 Å². The fourth-order valence-electron chi connectivity index (χ4n) is 3.42. The van der Waals surface area contributed by atoms with Gasteiger partial charge in [0.2, 0.25) is 5.91 Å². The Morgan fingerprint density at radius 3 is 2.77 bits per heavy atom. The van der Waals surface area contributed by atoms with Gasteiger partial charge < -0.3 is 5.32 Å². The zero-order valence-corrected chi connectivity index (χ0v) is 17.5. The molecule has 2 heterocycles. The number of benzene rings is 1. The first-order valence-corrected chi connectivity index (χ1v) is 11.2. The topological polar surface area (TPSA) is 107 Å². The highest BCUT2D eigenvalue weighted by atomic mass is 32.2. The minimum Gasteiger partial charge on any atom is -0.325 e. The molecule has 0 saturated heterocycles. The molecule has 10 heteroatoms. The molecule has 154 valence electrons. The quantitative estimate of drug-likeness (QED) is 0.260. The molecule has 0 aliphatic heterocycles. The highest BCUT2D eigenvalue weighted by Gasteiger charge is 2.22. The number of carbonyl (C=O) groups is 1. The van der Waals surface area contributed by atoms with Crippen LogP contribution in [0.4, 0.5) is 11.4 Å². The zero-order valence-electron chi connectivity index (χ0n) is 15.9. The minimum absolute atomic E-state index is 0.0368. The van der Waals surface area contributed by atoms with Crippen molar-refractivity contribution in [2.75, 3.05) is 11.1 Å². The number of hydrogen-bond donors (Lipinski definition) is 1. The summed E-state index contributed by atoms with van der Waals surface area (Å²) in [5.41, 5.74) is 2.23. The standard InChI is InChI=1S/C20H18N4O4S2/c25-18(21-13-6-8-14(9-7-13)24(27)28)12-30-19-16-4-1-5-17(16)23(20(26)22-19)11-15-3-2-10-29-15/h2-3,6-10H,1,4-5,11-12H2,(H,21,25). The molecule has 0 atom stereocenters. The third-order valence-corrected chi connectivity index (χ3v) is 6.68. The molecule has 1 aromatic carbocycles. The summed E-state index contributed by atoms with van der Waals surface area (Å²) in [6.45, 7) is 0.525. The SMILES string of the molecule is O=C(CSc1nc(=O)n(Cc2cccs2)c2c1CCC2)Nc1ccc([N+](=O)[O-])cc1. The van der Waals surface area contributed by atoms with Crippen molar-refractivity contribution in [2.45, 2.75) is 30.8 Å². The van der Waals surface area contributed by atoms with Gasteiger partial charge in [0.25, 0.3) is 5.69 Å². The maximum absolute atomic E-state index is 12.6. The van der Waals surface area contributed by atoms with E-state index < -0.39 is 4.92 Å². The molecule has 2 aromatic heterocycles. The summed E-state index contributed by atoms with van der Waals surface area (Å²) in [5, 5.41) is 16.0. The average Bonchev–Trinajstić information content (AvgIpc) is 3.41. The van der Waals surface area contributed by atoms with Crippen LogP contribution >= 0.6 is 23.1 Å². The van der Waals surface area contributed by atoms with Gasteiger partial charge in [0.1, 0.15) is 5.03 Å². The monoisotopic (exact) mass is 442 g/mol. The lowest BCUT2D eigenvalue weighted by atomic mass is 10.2. The fourth-order valence-corrected chi connectivity index (χ4v) is 4.99. The van der Waals surface area contributed by atoms with Gasteiger partial charge >= 0.3 is 5.69 Å². The Morgan fingerprint density at radius 1 is 1.27 bits per heavy atom. The number of non-ortho nitro benzene ring substituents is 1. The van der Waals surface area contributed by atoms with E-state index in [1.165, 1.54) is 36.0 Å². The van der Waals surface area contributed by atoms with Crippen LogP contribution in [0.5, 0.6) is 0 Å². The van der Waals surface area contributed by atoms with Gasteiger partial charge in [0.05, 0.1) is 17.2 Å². The van der Waals surface area contributed by atoms with Gasteiger partial charge in [-0.05, 0) is 42.8 Å². The number of nitro groups is 1. The van der Waals surface area contributed by atoms with Gasteiger partial charge in [0.15, 0.2) is 0 Å². The molecule has 30 heavy (non-hydrogen) atoms. The number of thiophene rings is 1. The Kier molecular flexibility index (Phi) is 5.96. The molecule has 3 aromatic rings. The maximum atomic E-state index is 12.6. The lowest BCUT2D eigenvalue weighted by Crippen LogP contribution is -2.27. The van der Waals surface area contributed by atoms with Crippen LogP contribution in [0.3, 0.4) is 0 Å². The Labute approximate surface area is 180 Å². The summed E-state index contributed by atoms with van der Waals surface area (Å²) < 4.78 is 1.75. The van der Waals surface area contributed by atoms with E-state index in [1.807, 2.05) is 17.5 Å². The van der Waals surface area contributed by atoms with E-state index in [4.69, 9.17) is 0 Å². The largest absolute Gasteiger partial charge is 0.349 e. The van der Waals surface area contributed by atoms with Gasteiger partial charge in [-0.15, -0.1) is 11.3 Å². The van der Waals surface area contributed by atoms with Crippen molar-refractivity contribution >= 4 is 40.4 Å². The molecular weight excluding hydrogens is 424 g/mol. The fraction of sp³-hybridized carbons (Fsp3) is 0.250. The van der Waals surface area contributed by atoms with Crippen molar-refractivity contribution in [3.63, 3.8) is 0 Å². The number of amides is 1. The Morgan fingerprint density at radius 2 is 2.07 bits per heavy atom. The van der Waals surface area contributed by atoms with E-state index in [0.717, 1.165) is 35.4 Å². The smallest absolute Gasteiger partial charge is 0.325 e. The number of fused-ring (bicyclic) bond motifs is 1. The first-order valence-electron chi connectivity index (χ1n) is 9.33. The number of carbonyl (C=O) groups excluding carboxylic acids is 1. The van der Waals surface area contributed by atoms with Crippen LogP contribution in [0.2, 0.25) is 0 Å². The second kappa shape index (κ2) is 8.80. The Hall–Kier alpha value is -2.98. The van der Waals surface area contributed by atoms with Crippen molar-refractivity contribution in [1.82, 2.24) is 9.55 Å². The number of rotatable bonds is 7. The molecule has 1 amide bonds. The van der Waals surface area contributed by atoms with Crippen molar-refractivity contribution in [1.29, 1.82) is 0 Å². The van der Waals surface area contributed by atoms with Crippen LogP contribution in [-0.2, 0) is 24.2 Å². The minimum atomic E-state index is -0.492. The zero-order chi connectivity index (χ0) is 21.1. The van der Waals surface area contributed by atoms with E-state index in [2.05, 4.69) is 10.3 Å². The first kappa shape index (κ1) is 20.3. The summed E-state index contributed by atoms with van der Waals surface area (Å²) >= 11 is 2.86. The van der Waals surface area contributed by atoms with Crippen LogP contribution < -0.4 is 11.0 Å². The first-order chi connectivity index (χ1) is 14.5. The van der Waals surface area contributed by atoms with Crippen LogP contribution in [0.25, 0.3) is 0 Å². The number of nitro benzene ring substituents is 1. The van der Waals surface area contributed by atoms with Crippen LogP contribution in [-0.4, -0.2) is 26.1 Å². The summed E-state index contributed by atoms with van der Waals surface area (Å²) in [4.78, 5) is 40.5. The highest BCUT2D eigenvalue weighted by molar-refractivity contribution is 8.00. The molecule has 0 fully saturated rings. The number of aromatic nitrogens is 2. The summed E-state index contributed by atoms with van der Waals surface area (Å²) in [6, 6.07) is 9.62. The normalized spacial score (nSPS) is 12.5. The molecule has 4 rings (SSSR count). The van der Waals surface area contributed by atoms with Crippen LogP contribution in [0.1, 0.15) is 22.6 Å². The number of hydrogen-bond acceptors (Lipinski definition) is 7. The molecule has 8 nitrogen and oxygen atoms in total. The van der Waals surface area contributed by atoms with Crippen LogP contribution in [0.15, 0.2) is 51.6 Å².